The van der Waals surface area contributed by atoms with Gasteiger partial charge in [0.25, 0.3) is 0 Å². The van der Waals surface area contributed by atoms with E-state index in [4.69, 9.17) is 33.5 Å². The van der Waals surface area contributed by atoms with Crippen LogP contribution < -0.4 is 0 Å². The highest BCUT2D eigenvalue weighted by molar-refractivity contribution is 5.71. The van der Waals surface area contributed by atoms with Crippen molar-refractivity contribution >= 4 is 17.9 Å². The minimum Gasteiger partial charge on any atom is -0.479 e. The van der Waals surface area contributed by atoms with E-state index in [-0.39, 0.29) is 13.0 Å². The molecule has 0 aliphatic carbocycles. The average Bonchev–Trinajstić information content (AvgIpc) is 3.15. The minimum absolute atomic E-state index is 0.245. The zero-order chi connectivity index (χ0) is 41.6. The highest BCUT2D eigenvalue weighted by Gasteiger charge is 2.52. The largest absolute Gasteiger partial charge is 0.479 e. The van der Waals surface area contributed by atoms with Gasteiger partial charge in [-0.15, -0.1) is 0 Å². The molecule has 18 heteroatoms. The van der Waals surface area contributed by atoms with Crippen LogP contribution in [0.15, 0.2) is 0 Å². The van der Waals surface area contributed by atoms with E-state index in [1.54, 1.807) is 0 Å². The summed E-state index contributed by atoms with van der Waals surface area (Å²) < 4.78 is 33.2. The third-order valence-electron chi connectivity index (χ3n) is 10.0. The van der Waals surface area contributed by atoms with E-state index >= 15 is 0 Å². The summed E-state index contributed by atoms with van der Waals surface area (Å²) in [6.07, 6.45) is -7.02. The molecule has 2 aliphatic rings. The second-order valence-electron chi connectivity index (χ2n) is 14.9. The molecule has 2 saturated heterocycles. The number of ether oxygens (including phenoxy) is 6. The molecule has 0 aromatic heterocycles. The summed E-state index contributed by atoms with van der Waals surface area (Å²) in [4.78, 5) is 34.9. The van der Waals surface area contributed by atoms with Gasteiger partial charge in [0, 0.05) is 6.92 Å². The van der Waals surface area contributed by atoms with Gasteiger partial charge in [-0.05, 0) is 19.3 Å². The van der Waals surface area contributed by atoms with Gasteiger partial charge in [-0.25, -0.2) is 4.79 Å². The Kier molecular flexibility index (Phi) is 24.7. The molecule has 56 heavy (non-hydrogen) atoms. The topological polar surface area (TPSA) is 289 Å². The molecule has 18 nitrogen and oxygen atoms in total. The molecule has 0 aromatic rings. The maximum atomic E-state index is 12.6. The van der Waals surface area contributed by atoms with E-state index in [0.29, 0.717) is 25.7 Å². The Bertz CT molecular complexity index is 1100. The molecule has 0 amide bonds. The normalized spacial score (nSPS) is 29.7. The summed E-state index contributed by atoms with van der Waals surface area (Å²) in [6, 6.07) is 0. The molecular formula is C38H68O18. The molecule has 0 aromatic carbocycles. The fraction of sp³-hybridized carbons (Fsp3) is 0.921. The molecule has 9 N–H and O–H groups in total. The van der Waals surface area contributed by atoms with Gasteiger partial charge < -0.3 is 74.4 Å². The summed E-state index contributed by atoms with van der Waals surface area (Å²) in [5.41, 5.74) is 0. The van der Waals surface area contributed by atoms with Gasteiger partial charge in [-0.1, -0.05) is 90.4 Å². The number of aliphatic hydroxyl groups excluding tert-OH is 8. The van der Waals surface area contributed by atoms with Crippen LogP contribution in [0.5, 0.6) is 0 Å². The van der Waals surface area contributed by atoms with Crippen LogP contribution in [0.1, 0.15) is 123 Å². The lowest BCUT2D eigenvalue weighted by molar-refractivity contribution is -0.360. The SMILES string of the molecule is CCCCCC(O)CC(=O)OC1C(O)C(CO)OC(OC2C(COC(C)=O)OC(OCC(O)CCCCCCCCCCCCC(O)C(=O)O)C(O)C2O)C1O. The van der Waals surface area contributed by atoms with Crippen LogP contribution in [0.3, 0.4) is 0 Å². The lowest BCUT2D eigenvalue weighted by Crippen LogP contribution is -2.65. The number of rotatable bonds is 29. The predicted molar refractivity (Wildman–Crippen MR) is 196 cm³/mol. The first-order chi connectivity index (χ1) is 26.7. The van der Waals surface area contributed by atoms with Crippen molar-refractivity contribution in [2.75, 3.05) is 19.8 Å². The summed E-state index contributed by atoms with van der Waals surface area (Å²) in [5, 5.41) is 92.4. The third kappa shape index (κ3) is 18.2. The summed E-state index contributed by atoms with van der Waals surface area (Å²) in [7, 11) is 0. The second kappa shape index (κ2) is 27.6. The van der Waals surface area contributed by atoms with Crippen LogP contribution in [-0.2, 0) is 42.8 Å². The average molecular weight is 813 g/mol. The Balaban J connectivity index is 1.86. The van der Waals surface area contributed by atoms with Crippen LogP contribution in [0.25, 0.3) is 0 Å². The van der Waals surface area contributed by atoms with Crippen LogP contribution in [-0.4, -0.2) is 163 Å². The predicted octanol–water partition coefficient (Wildman–Crippen LogP) is 0.568. The second-order valence-corrected chi connectivity index (χ2v) is 14.9. The first-order valence-electron chi connectivity index (χ1n) is 20.2. The Morgan fingerprint density at radius 3 is 1.79 bits per heavy atom. The first-order valence-corrected chi connectivity index (χ1v) is 20.2. The maximum absolute atomic E-state index is 12.6. The van der Waals surface area contributed by atoms with Gasteiger partial charge in [0.15, 0.2) is 24.8 Å². The minimum atomic E-state index is -1.87. The Labute approximate surface area is 329 Å². The Morgan fingerprint density at radius 2 is 1.21 bits per heavy atom. The maximum Gasteiger partial charge on any atom is 0.332 e. The number of aliphatic hydroxyl groups is 8. The Hall–Kier alpha value is -2.07. The standard InChI is InChI=1S/C38H68O18/c1-3-4-13-16-24(41)19-29(44)55-35-30(45)27(20-39)53-38(33(35)48)56-34-28(22-51-23(2)40)54-37(32(47)31(34)46)52-21-25(42)17-14-11-9-7-5-6-8-10-12-15-18-26(43)36(49)50/h24-28,30-35,37-39,41-43,45-48H,3-22H2,1-2H3,(H,49,50). The van der Waals surface area contributed by atoms with Gasteiger partial charge in [0.05, 0.1) is 31.8 Å². The van der Waals surface area contributed by atoms with Gasteiger partial charge in [0.2, 0.25) is 0 Å². The molecule has 13 unspecified atom stereocenters. The summed E-state index contributed by atoms with van der Waals surface area (Å²) >= 11 is 0. The van der Waals surface area contributed by atoms with Crippen molar-refractivity contribution in [3.8, 4) is 0 Å². The van der Waals surface area contributed by atoms with E-state index in [9.17, 15) is 55.2 Å². The smallest absolute Gasteiger partial charge is 0.332 e. The van der Waals surface area contributed by atoms with Crippen molar-refractivity contribution < 1.29 is 88.8 Å². The van der Waals surface area contributed by atoms with Gasteiger partial charge in [-0.3, -0.25) is 9.59 Å². The molecule has 0 spiro atoms. The van der Waals surface area contributed by atoms with E-state index in [0.717, 1.165) is 77.6 Å². The molecule has 0 radical (unpaired) electrons. The van der Waals surface area contributed by atoms with Crippen LogP contribution in [0.2, 0.25) is 0 Å². The molecule has 13 atom stereocenters. The number of unbranched alkanes of at least 4 members (excludes halogenated alkanes) is 11. The molecule has 0 bridgehead atoms. The zero-order valence-electron chi connectivity index (χ0n) is 32.8. The number of aliphatic carboxylic acids is 1. The number of carbonyl (C=O) groups is 3. The molecule has 2 fully saturated rings. The first kappa shape index (κ1) is 50.1. The number of carbonyl (C=O) groups excluding carboxylic acids is 2. The summed E-state index contributed by atoms with van der Waals surface area (Å²) in [6.45, 7) is 1.61. The van der Waals surface area contributed by atoms with E-state index in [1.807, 2.05) is 6.92 Å². The lowest BCUT2D eigenvalue weighted by Gasteiger charge is -2.46. The molecule has 2 rings (SSSR count). The van der Waals surface area contributed by atoms with E-state index < -0.39 is 117 Å². The Morgan fingerprint density at radius 1 is 0.661 bits per heavy atom. The quantitative estimate of drug-likeness (QED) is 0.0369. The van der Waals surface area contributed by atoms with Crippen molar-refractivity contribution in [3.05, 3.63) is 0 Å². The third-order valence-corrected chi connectivity index (χ3v) is 10.0. The van der Waals surface area contributed by atoms with Crippen molar-refractivity contribution in [3.63, 3.8) is 0 Å². The highest BCUT2D eigenvalue weighted by Crippen LogP contribution is 2.31. The molecule has 2 heterocycles. The van der Waals surface area contributed by atoms with Crippen molar-refractivity contribution in [2.24, 2.45) is 0 Å². The van der Waals surface area contributed by atoms with Crippen LogP contribution in [0.4, 0.5) is 0 Å². The van der Waals surface area contributed by atoms with Crippen molar-refractivity contribution in [1.82, 2.24) is 0 Å². The number of hydrogen-bond acceptors (Lipinski definition) is 17. The van der Waals surface area contributed by atoms with Crippen molar-refractivity contribution in [1.29, 1.82) is 0 Å². The van der Waals surface area contributed by atoms with Gasteiger partial charge in [0.1, 0.15) is 49.3 Å². The van der Waals surface area contributed by atoms with E-state index in [1.165, 1.54) is 0 Å². The van der Waals surface area contributed by atoms with Gasteiger partial charge in [-0.2, -0.15) is 0 Å². The molecule has 0 saturated carbocycles. The fourth-order valence-electron chi connectivity index (χ4n) is 6.67. The number of esters is 2. The van der Waals surface area contributed by atoms with Gasteiger partial charge >= 0.3 is 17.9 Å². The summed E-state index contributed by atoms with van der Waals surface area (Å²) in [5.74, 6) is -2.81. The monoisotopic (exact) mass is 812 g/mol. The highest BCUT2D eigenvalue weighted by atomic mass is 16.7. The molecule has 328 valence electrons. The number of hydrogen-bond donors (Lipinski definition) is 9. The van der Waals surface area contributed by atoms with E-state index in [2.05, 4.69) is 0 Å². The number of carboxylic acid groups (broad SMARTS) is 1. The van der Waals surface area contributed by atoms with Crippen molar-refractivity contribution in [2.45, 2.75) is 203 Å². The fourth-order valence-corrected chi connectivity index (χ4v) is 6.67. The zero-order valence-corrected chi connectivity index (χ0v) is 32.8. The molecule has 2 aliphatic heterocycles. The van der Waals surface area contributed by atoms with Crippen LogP contribution >= 0.6 is 0 Å². The number of carboxylic acids is 1. The lowest BCUT2D eigenvalue weighted by atomic mass is 9.96. The molecular weight excluding hydrogens is 744 g/mol. The van der Waals surface area contributed by atoms with Crippen LogP contribution in [0, 0.1) is 0 Å².